The van der Waals surface area contributed by atoms with E-state index in [-0.39, 0.29) is 11.1 Å². The second-order valence-electron chi connectivity index (χ2n) is 6.49. The summed E-state index contributed by atoms with van der Waals surface area (Å²) in [5.41, 5.74) is -0.296. The van der Waals surface area contributed by atoms with Crippen molar-refractivity contribution in [1.29, 1.82) is 0 Å². The molecule has 0 spiro atoms. The molecule has 1 atom stereocenters. The number of aromatic nitrogens is 2. The second-order valence-corrected chi connectivity index (χ2v) is 6.49. The minimum atomic E-state index is -0.775. The van der Waals surface area contributed by atoms with Crippen LogP contribution in [0.3, 0.4) is 0 Å². The minimum Gasteiger partial charge on any atom is -0.335 e. The van der Waals surface area contributed by atoms with Crippen LogP contribution in [0.5, 0.6) is 0 Å². The molecule has 0 aliphatic rings. The van der Waals surface area contributed by atoms with Gasteiger partial charge in [-0.15, -0.1) is 0 Å². The number of aryl methyl sites for hydroxylation is 1. The van der Waals surface area contributed by atoms with Gasteiger partial charge in [0, 0.05) is 24.7 Å². The maximum absolute atomic E-state index is 14.0. The van der Waals surface area contributed by atoms with Crippen LogP contribution in [0.25, 0.3) is 11.0 Å². The molecule has 0 radical (unpaired) electrons. The van der Waals surface area contributed by atoms with Crippen molar-refractivity contribution in [2.45, 2.75) is 26.4 Å². The molecule has 3 aromatic rings. The van der Waals surface area contributed by atoms with E-state index in [4.69, 9.17) is 0 Å². The van der Waals surface area contributed by atoms with Gasteiger partial charge >= 0.3 is 11.1 Å². The van der Waals surface area contributed by atoms with Crippen molar-refractivity contribution >= 4 is 16.9 Å². The zero-order valence-electron chi connectivity index (χ0n) is 15.6. The lowest BCUT2D eigenvalue weighted by Gasteiger charge is -2.26. The van der Waals surface area contributed by atoms with Gasteiger partial charge in [-0.25, -0.2) is 8.78 Å². The van der Waals surface area contributed by atoms with Gasteiger partial charge in [0.05, 0.1) is 17.1 Å². The summed E-state index contributed by atoms with van der Waals surface area (Å²) in [6.45, 7) is 3.64. The number of carbonyl (C=O) groups excluding carboxylic acids is 1. The SMILES string of the molecule is CCn1c(=O)c(=O)[nH]c2cc(C(=O)N(C)[C@@H](C)c3cc(F)ccc3F)ccc21. The molecule has 1 aromatic heterocycles. The lowest BCUT2D eigenvalue weighted by Crippen LogP contribution is -2.36. The summed E-state index contributed by atoms with van der Waals surface area (Å²) >= 11 is 0. The predicted molar refractivity (Wildman–Crippen MR) is 101 cm³/mol. The number of carbonyl (C=O) groups is 1. The topological polar surface area (TPSA) is 75.2 Å². The van der Waals surface area contributed by atoms with Crippen LogP contribution in [0.2, 0.25) is 0 Å². The number of nitrogens with zero attached hydrogens (tertiary/aromatic N) is 2. The molecule has 0 saturated carbocycles. The zero-order valence-corrected chi connectivity index (χ0v) is 15.6. The molecule has 28 heavy (non-hydrogen) atoms. The fourth-order valence-corrected chi connectivity index (χ4v) is 3.15. The molecule has 2 aromatic carbocycles. The maximum atomic E-state index is 14.0. The molecular formula is C20H19F2N3O3. The minimum absolute atomic E-state index is 0.0601. The Hall–Kier alpha value is -3.29. The molecule has 6 nitrogen and oxygen atoms in total. The van der Waals surface area contributed by atoms with Crippen molar-refractivity contribution in [2.24, 2.45) is 0 Å². The fraction of sp³-hybridized carbons (Fsp3) is 0.250. The summed E-state index contributed by atoms with van der Waals surface area (Å²) in [6.07, 6.45) is 0. The molecule has 1 amide bonds. The molecule has 1 N–H and O–H groups in total. The van der Waals surface area contributed by atoms with Crippen molar-refractivity contribution in [3.63, 3.8) is 0 Å². The number of halogens is 2. The van der Waals surface area contributed by atoms with Gasteiger partial charge in [0.1, 0.15) is 11.6 Å². The highest BCUT2D eigenvalue weighted by atomic mass is 19.1. The van der Waals surface area contributed by atoms with Crippen molar-refractivity contribution < 1.29 is 13.6 Å². The third kappa shape index (κ3) is 3.33. The van der Waals surface area contributed by atoms with Gasteiger partial charge in [-0.3, -0.25) is 14.4 Å². The Bertz CT molecular complexity index is 1180. The molecule has 3 rings (SSSR count). The lowest BCUT2D eigenvalue weighted by atomic mass is 10.0. The summed E-state index contributed by atoms with van der Waals surface area (Å²) in [4.78, 5) is 40.4. The van der Waals surface area contributed by atoms with Crippen molar-refractivity contribution in [1.82, 2.24) is 14.5 Å². The Kier molecular flexibility index (Phi) is 5.13. The highest BCUT2D eigenvalue weighted by Gasteiger charge is 2.22. The maximum Gasteiger partial charge on any atom is 0.316 e. The molecule has 0 bridgehead atoms. The van der Waals surface area contributed by atoms with Crippen LogP contribution in [0.4, 0.5) is 8.78 Å². The van der Waals surface area contributed by atoms with E-state index in [2.05, 4.69) is 4.98 Å². The fourth-order valence-electron chi connectivity index (χ4n) is 3.15. The number of hydrogen-bond acceptors (Lipinski definition) is 3. The quantitative estimate of drug-likeness (QED) is 0.700. The molecule has 0 unspecified atom stereocenters. The Labute approximate surface area is 159 Å². The monoisotopic (exact) mass is 387 g/mol. The second kappa shape index (κ2) is 7.38. The summed E-state index contributed by atoms with van der Waals surface area (Å²) in [6, 6.07) is 6.94. The number of benzene rings is 2. The molecular weight excluding hydrogens is 368 g/mol. The Morgan fingerprint density at radius 3 is 2.57 bits per heavy atom. The number of amides is 1. The van der Waals surface area contributed by atoms with Gasteiger partial charge in [-0.1, -0.05) is 0 Å². The number of rotatable bonds is 4. The van der Waals surface area contributed by atoms with Gasteiger partial charge in [0.25, 0.3) is 5.91 Å². The summed E-state index contributed by atoms with van der Waals surface area (Å²) < 4.78 is 28.8. The normalized spacial score (nSPS) is 12.2. The van der Waals surface area contributed by atoms with Crippen LogP contribution in [0.15, 0.2) is 46.0 Å². The Morgan fingerprint density at radius 1 is 1.18 bits per heavy atom. The number of hydrogen-bond donors (Lipinski definition) is 1. The van der Waals surface area contributed by atoms with Gasteiger partial charge in [-0.05, 0) is 50.2 Å². The van der Waals surface area contributed by atoms with Crippen LogP contribution in [-0.2, 0) is 6.54 Å². The molecule has 8 heteroatoms. The third-order valence-corrected chi connectivity index (χ3v) is 4.85. The Balaban J connectivity index is 2.01. The van der Waals surface area contributed by atoms with Crippen molar-refractivity contribution in [3.8, 4) is 0 Å². The number of H-pyrrole nitrogens is 1. The van der Waals surface area contributed by atoms with Crippen molar-refractivity contribution in [3.05, 3.63) is 79.9 Å². The highest BCUT2D eigenvalue weighted by Crippen LogP contribution is 2.25. The van der Waals surface area contributed by atoms with Crippen LogP contribution in [0, 0.1) is 11.6 Å². The van der Waals surface area contributed by atoms with E-state index in [1.807, 2.05) is 0 Å². The van der Waals surface area contributed by atoms with Crippen LogP contribution < -0.4 is 11.1 Å². The predicted octanol–water partition coefficient (Wildman–Crippen LogP) is 2.82. The summed E-state index contributed by atoms with van der Waals surface area (Å²) in [5.74, 6) is -1.64. The smallest absolute Gasteiger partial charge is 0.316 e. The van der Waals surface area contributed by atoms with Crippen LogP contribution >= 0.6 is 0 Å². The largest absolute Gasteiger partial charge is 0.335 e. The van der Waals surface area contributed by atoms with Crippen molar-refractivity contribution in [2.75, 3.05) is 7.05 Å². The zero-order chi connectivity index (χ0) is 20.6. The van der Waals surface area contributed by atoms with Crippen LogP contribution in [-0.4, -0.2) is 27.4 Å². The van der Waals surface area contributed by atoms with Gasteiger partial charge in [0.15, 0.2) is 0 Å². The summed E-state index contributed by atoms with van der Waals surface area (Å²) in [5, 5.41) is 0. The molecule has 0 aliphatic carbocycles. The highest BCUT2D eigenvalue weighted by molar-refractivity contribution is 5.97. The van der Waals surface area contributed by atoms with Gasteiger partial charge < -0.3 is 14.5 Å². The standard InChI is InChI=1S/C20H19F2N3O3/c1-4-25-17-8-5-12(9-16(17)23-18(26)20(25)28)19(27)24(3)11(2)14-10-13(21)6-7-15(14)22/h5-11H,4H2,1-3H3,(H,23,26)/t11-/m0/s1. The molecule has 0 aliphatic heterocycles. The first-order valence-electron chi connectivity index (χ1n) is 8.73. The van der Waals surface area contributed by atoms with Crippen LogP contribution in [0.1, 0.15) is 35.8 Å². The van der Waals surface area contributed by atoms with E-state index >= 15 is 0 Å². The molecule has 146 valence electrons. The first kappa shape index (κ1) is 19.5. The van der Waals surface area contributed by atoms with E-state index in [1.165, 1.54) is 28.6 Å². The Morgan fingerprint density at radius 2 is 1.89 bits per heavy atom. The molecule has 0 saturated heterocycles. The average molecular weight is 387 g/mol. The molecule has 1 heterocycles. The lowest BCUT2D eigenvalue weighted by molar-refractivity contribution is 0.0740. The average Bonchev–Trinajstić information content (AvgIpc) is 2.68. The van der Waals surface area contributed by atoms with Gasteiger partial charge in [0.2, 0.25) is 0 Å². The first-order chi connectivity index (χ1) is 13.2. The third-order valence-electron chi connectivity index (χ3n) is 4.85. The van der Waals surface area contributed by atoms with E-state index in [9.17, 15) is 23.2 Å². The molecule has 0 fully saturated rings. The summed E-state index contributed by atoms with van der Waals surface area (Å²) in [7, 11) is 1.48. The first-order valence-corrected chi connectivity index (χ1v) is 8.73. The van der Waals surface area contributed by atoms with Gasteiger partial charge in [-0.2, -0.15) is 0 Å². The van der Waals surface area contributed by atoms with E-state index < -0.39 is 34.7 Å². The van der Waals surface area contributed by atoms with E-state index in [1.54, 1.807) is 19.9 Å². The number of nitrogens with one attached hydrogen (secondary N) is 1. The van der Waals surface area contributed by atoms with E-state index in [0.29, 0.717) is 17.6 Å². The number of aromatic amines is 1. The van der Waals surface area contributed by atoms with E-state index in [0.717, 1.165) is 18.2 Å². The number of fused-ring (bicyclic) bond motifs is 1.